The predicted octanol–water partition coefficient (Wildman–Crippen LogP) is 3.90. The van der Waals surface area contributed by atoms with E-state index in [1.807, 2.05) is 0 Å². The zero-order valence-electron chi connectivity index (χ0n) is 20.1. The number of anilines is 2. The summed E-state index contributed by atoms with van der Waals surface area (Å²) in [5, 5.41) is 8.95. The summed E-state index contributed by atoms with van der Waals surface area (Å²) in [6.07, 6.45) is 7.15. The maximum atomic E-state index is 12.8. The van der Waals surface area contributed by atoms with E-state index in [2.05, 4.69) is 30.8 Å². The smallest absolute Gasteiger partial charge is 0.339 e. The first-order chi connectivity index (χ1) is 17.4. The molecular weight excluding hydrogens is 480 g/mol. The Hall–Kier alpha value is -3.31. The lowest BCUT2D eigenvalue weighted by Crippen LogP contribution is -2.36. The van der Waals surface area contributed by atoms with Gasteiger partial charge >= 0.3 is 16.1 Å². The number of likely N-dealkylation sites (tertiary alicyclic amines) is 1. The molecule has 2 heterocycles. The number of carbonyl (C=O) groups excluding carboxylic acids is 1. The second-order valence-electron chi connectivity index (χ2n) is 9.38. The Morgan fingerprint density at radius 1 is 1.06 bits per heavy atom. The molecule has 2 aliphatic rings. The fourth-order valence-electron chi connectivity index (χ4n) is 4.78. The lowest BCUT2D eigenvalue weighted by atomic mass is 10.2. The molecule has 192 valence electrons. The van der Waals surface area contributed by atoms with Crippen molar-refractivity contribution in [2.24, 2.45) is 0 Å². The number of imidazole rings is 1. The van der Waals surface area contributed by atoms with Gasteiger partial charge in [0.05, 0.1) is 11.0 Å². The van der Waals surface area contributed by atoms with E-state index in [1.54, 1.807) is 36.4 Å². The minimum atomic E-state index is -4.00. The molecule has 1 aliphatic heterocycles. The van der Waals surface area contributed by atoms with Crippen LogP contribution >= 0.6 is 0 Å². The standard InChI is InChI=1S/C25H32N6O4S/c32-25(26-13-16-31-14-3-4-15-31)30-24-28-22-12-9-20(17-23(22)29-24)35-36(33,34)21-10-7-19(8-11-21)27-18-5-1-2-6-18/h7-12,17-18,27H,1-6,13-16H2,(H3,26,28,29,30,32). The van der Waals surface area contributed by atoms with E-state index in [0.717, 1.165) is 38.2 Å². The number of H-pyrrole nitrogens is 1. The van der Waals surface area contributed by atoms with Gasteiger partial charge in [0.2, 0.25) is 5.95 Å². The Bertz CT molecular complexity index is 1300. The van der Waals surface area contributed by atoms with Crippen LogP contribution in [0.3, 0.4) is 0 Å². The van der Waals surface area contributed by atoms with Crippen LogP contribution in [0.5, 0.6) is 5.75 Å². The number of carbonyl (C=O) groups is 1. The molecule has 1 saturated heterocycles. The van der Waals surface area contributed by atoms with Crippen LogP contribution in [0, 0.1) is 0 Å². The van der Waals surface area contributed by atoms with Gasteiger partial charge in [-0.1, -0.05) is 12.8 Å². The van der Waals surface area contributed by atoms with Gasteiger partial charge in [0, 0.05) is 30.9 Å². The van der Waals surface area contributed by atoms with Crippen molar-refractivity contribution in [3.8, 4) is 5.75 Å². The van der Waals surface area contributed by atoms with Crippen molar-refractivity contribution < 1.29 is 17.4 Å². The van der Waals surface area contributed by atoms with Crippen molar-refractivity contribution in [3.05, 3.63) is 42.5 Å². The van der Waals surface area contributed by atoms with E-state index >= 15 is 0 Å². The Labute approximate surface area is 210 Å². The number of hydrogen-bond donors (Lipinski definition) is 4. The Kier molecular flexibility index (Phi) is 7.28. The molecule has 0 atom stereocenters. The van der Waals surface area contributed by atoms with Crippen LogP contribution in [0.15, 0.2) is 47.4 Å². The normalized spacial score (nSPS) is 16.9. The third-order valence-corrected chi connectivity index (χ3v) is 7.93. The van der Waals surface area contributed by atoms with Gasteiger partial charge in [0.1, 0.15) is 10.6 Å². The number of fused-ring (bicyclic) bond motifs is 1. The molecular formula is C25H32N6O4S. The largest absolute Gasteiger partial charge is 0.382 e. The SMILES string of the molecule is O=C(NCCN1CCCC1)Nc1nc2ccc(OS(=O)(=O)c3ccc(NC4CCCC4)cc3)cc2[nH]1. The molecule has 1 aliphatic carbocycles. The van der Waals surface area contributed by atoms with Crippen LogP contribution in [-0.2, 0) is 10.1 Å². The number of hydrogen-bond acceptors (Lipinski definition) is 7. The van der Waals surface area contributed by atoms with E-state index in [4.69, 9.17) is 4.18 Å². The first-order valence-electron chi connectivity index (χ1n) is 12.5. The molecule has 0 spiro atoms. The summed E-state index contributed by atoms with van der Waals surface area (Å²) in [7, 11) is -4.00. The number of aromatic nitrogens is 2. The van der Waals surface area contributed by atoms with Gasteiger partial charge in [-0.2, -0.15) is 8.42 Å². The van der Waals surface area contributed by atoms with Gasteiger partial charge in [-0.15, -0.1) is 0 Å². The fraction of sp³-hybridized carbons (Fsp3) is 0.440. The highest BCUT2D eigenvalue weighted by Gasteiger charge is 2.19. The van der Waals surface area contributed by atoms with Gasteiger partial charge in [-0.3, -0.25) is 5.32 Å². The van der Waals surface area contributed by atoms with Gasteiger partial charge in [0.15, 0.2) is 0 Å². The summed E-state index contributed by atoms with van der Waals surface area (Å²) in [5.41, 5.74) is 2.03. The average molecular weight is 513 g/mol. The van der Waals surface area contributed by atoms with Crippen LogP contribution in [0.25, 0.3) is 11.0 Å². The number of nitrogens with zero attached hydrogens (tertiary/aromatic N) is 2. The molecule has 36 heavy (non-hydrogen) atoms. The van der Waals surface area contributed by atoms with E-state index in [-0.39, 0.29) is 22.6 Å². The zero-order chi connectivity index (χ0) is 25.0. The highest BCUT2D eigenvalue weighted by Crippen LogP contribution is 2.26. The molecule has 4 N–H and O–H groups in total. The number of urea groups is 1. The lowest BCUT2D eigenvalue weighted by molar-refractivity contribution is 0.249. The maximum Gasteiger partial charge on any atom is 0.339 e. The van der Waals surface area contributed by atoms with E-state index in [9.17, 15) is 13.2 Å². The average Bonchev–Trinajstić information content (AvgIpc) is 3.61. The van der Waals surface area contributed by atoms with Crippen molar-refractivity contribution in [3.63, 3.8) is 0 Å². The summed E-state index contributed by atoms with van der Waals surface area (Å²) >= 11 is 0. The van der Waals surface area contributed by atoms with Crippen LogP contribution in [0.4, 0.5) is 16.4 Å². The molecule has 5 rings (SSSR count). The van der Waals surface area contributed by atoms with Crippen LogP contribution in [0.1, 0.15) is 38.5 Å². The quantitative estimate of drug-likeness (QED) is 0.320. The second kappa shape index (κ2) is 10.8. The summed E-state index contributed by atoms with van der Waals surface area (Å²) < 4.78 is 31.0. The highest BCUT2D eigenvalue weighted by atomic mass is 32.2. The van der Waals surface area contributed by atoms with Crippen molar-refractivity contribution in [2.45, 2.75) is 49.5 Å². The summed E-state index contributed by atoms with van der Waals surface area (Å²) in [4.78, 5) is 21.9. The summed E-state index contributed by atoms with van der Waals surface area (Å²) in [6.45, 7) is 3.54. The molecule has 11 heteroatoms. The lowest BCUT2D eigenvalue weighted by Gasteiger charge is -2.14. The Morgan fingerprint density at radius 2 is 1.81 bits per heavy atom. The zero-order valence-corrected chi connectivity index (χ0v) is 20.9. The number of benzene rings is 2. The van der Waals surface area contributed by atoms with Crippen LogP contribution < -0.4 is 20.1 Å². The summed E-state index contributed by atoms with van der Waals surface area (Å²) in [6, 6.07) is 11.5. The van der Waals surface area contributed by atoms with Gasteiger partial charge in [-0.25, -0.2) is 9.78 Å². The van der Waals surface area contributed by atoms with Crippen LogP contribution in [0.2, 0.25) is 0 Å². The molecule has 0 unspecified atom stereocenters. The van der Waals surface area contributed by atoms with Crippen molar-refractivity contribution >= 4 is 38.8 Å². The molecule has 10 nitrogen and oxygen atoms in total. The maximum absolute atomic E-state index is 12.8. The molecule has 0 bridgehead atoms. The number of rotatable bonds is 9. The number of nitrogens with one attached hydrogen (secondary N) is 4. The molecule has 3 aromatic rings. The first kappa shape index (κ1) is 24.4. The fourth-order valence-corrected chi connectivity index (χ4v) is 5.71. The van der Waals surface area contributed by atoms with E-state index in [0.29, 0.717) is 23.6 Å². The van der Waals surface area contributed by atoms with Crippen molar-refractivity contribution in [2.75, 3.05) is 36.8 Å². The highest BCUT2D eigenvalue weighted by molar-refractivity contribution is 7.87. The van der Waals surface area contributed by atoms with E-state index in [1.165, 1.54) is 31.7 Å². The monoisotopic (exact) mass is 512 g/mol. The topological polar surface area (TPSA) is 128 Å². The first-order valence-corrected chi connectivity index (χ1v) is 13.9. The molecule has 2 amide bonds. The Morgan fingerprint density at radius 3 is 2.56 bits per heavy atom. The van der Waals surface area contributed by atoms with Gasteiger partial charge in [-0.05, 0) is 75.2 Å². The van der Waals surface area contributed by atoms with Crippen LogP contribution in [-0.4, -0.2) is 61.5 Å². The van der Waals surface area contributed by atoms with Crippen molar-refractivity contribution in [1.29, 1.82) is 0 Å². The van der Waals surface area contributed by atoms with Crippen molar-refractivity contribution in [1.82, 2.24) is 20.2 Å². The Balaban J connectivity index is 1.18. The molecule has 1 aromatic heterocycles. The molecule has 0 radical (unpaired) electrons. The minimum Gasteiger partial charge on any atom is -0.382 e. The third kappa shape index (κ3) is 6.08. The second-order valence-corrected chi connectivity index (χ2v) is 10.9. The molecule has 2 fully saturated rings. The summed E-state index contributed by atoms with van der Waals surface area (Å²) in [5.74, 6) is 0.426. The van der Waals surface area contributed by atoms with Gasteiger partial charge in [0.25, 0.3) is 0 Å². The third-order valence-electron chi connectivity index (χ3n) is 6.67. The molecule has 1 saturated carbocycles. The number of amides is 2. The van der Waals surface area contributed by atoms with Gasteiger partial charge < -0.3 is 24.7 Å². The minimum absolute atomic E-state index is 0.0807. The van der Waals surface area contributed by atoms with E-state index < -0.39 is 10.1 Å². The predicted molar refractivity (Wildman–Crippen MR) is 139 cm³/mol. The number of aromatic amines is 1. The molecule has 2 aromatic carbocycles.